The second kappa shape index (κ2) is 5.08. The molecule has 3 aromatic rings. The van der Waals surface area contributed by atoms with E-state index in [4.69, 9.17) is 16.0 Å². The normalized spacial score (nSPS) is 12.7. The van der Waals surface area contributed by atoms with Crippen LogP contribution < -0.4 is 5.32 Å². The molecule has 0 aliphatic carbocycles. The average molecular weight is 272 g/mol. The van der Waals surface area contributed by atoms with Crippen LogP contribution in [0.4, 0.5) is 0 Å². The molecule has 0 bridgehead atoms. The van der Waals surface area contributed by atoms with Crippen LogP contribution >= 0.6 is 11.6 Å². The highest BCUT2D eigenvalue weighted by Crippen LogP contribution is 2.30. The monoisotopic (exact) mass is 271 g/mol. The lowest BCUT2D eigenvalue weighted by Gasteiger charge is -2.16. The highest BCUT2D eigenvalue weighted by Gasteiger charge is 2.17. The van der Waals surface area contributed by atoms with Crippen molar-refractivity contribution in [2.45, 2.75) is 6.04 Å². The molecule has 3 heteroatoms. The van der Waals surface area contributed by atoms with Crippen molar-refractivity contribution in [2.24, 2.45) is 0 Å². The van der Waals surface area contributed by atoms with Crippen LogP contribution in [0.1, 0.15) is 17.4 Å². The van der Waals surface area contributed by atoms with E-state index in [1.165, 1.54) is 16.3 Å². The summed E-state index contributed by atoms with van der Waals surface area (Å²) in [5.74, 6) is 0.823. The molecule has 0 aliphatic heterocycles. The number of fused-ring (bicyclic) bond motifs is 1. The third kappa shape index (κ3) is 2.25. The first-order valence-corrected chi connectivity index (χ1v) is 6.57. The molecule has 1 unspecified atom stereocenters. The molecule has 3 rings (SSSR count). The summed E-state index contributed by atoms with van der Waals surface area (Å²) < 4.78 is 5.54. The van der Waals surface area contributed by atoms with E-state index in [-0.39, 0.29) is 6.04 Å². The zero-order valence-electron chi connectivity index (χ0n) is 10.6. The quantitative estimate of drug-likeness (QED) is 0.764. The molecule has 1 atom stereocenters. The largest absolute Gasteiger partial charge is 0.448 e. The van der Waals surface area contributed by atoms with Crippen LogP contribution in [0.3, 0.4) is 0 Å². The average Bonchev–Trinajstić information content (AvgIpc) is 2.86. The van der Waals surface area contributed by atoms with Gasteiger partial charge >= 0.3 is 0 Å². The first-order valence-electron chi connectivity index (χ1n) is 6.20. The van der Waals surface area contributed by atoms with Gasteiger partial charge in [0.05, 0.1) is 6.04 Å². The van der Waals surface area contributed by atoms with Crippen molar-refractivity contribution in [1.82, 2.24) is 5.32 Å². The van der Waals surface area contributed by atoms with Crippen LogP contribution in [0, 0.1) is 0 Å². The summed E-state index contributed by atoms with van der Waals surface area (Å²) in [4.78, 5) is 0. The minimum absolute atomic E-state index is 0.00130. The molecule has 0 saturated carbocycles. The Kier molecular flexibility index (Phi) is 3.28. The van der Waals surface area contributed by atoms with E-state index in [1.807, 2.05) is 25.2 Å². The molecular formula is C16H14ClNO. The third-order valence-corrected chi connectivity index (χ3v) is 3.50. The molecule has 0 saturated heterocycles. The fourth-order valence-corrected chi connectivity index (χ4v) is 2.59. The summed E-state index contributed by atoms with van der Waals surface area (Å²) in [6.45, 7) is 0. The Morgan fingerprint density at radius 2 is 1.79 bits per heavy atom. The molecule has 1 heterocycles. The highest BCUT2D eigenvalue weighted by molar-refractivity contribution is 6.28. The summed E-state index contributed by atoms with van der Waals surface area (Å²) >= 11 is 5.87. The van der Waals surface area contributed by atoms with E-state index >= 15 is 0 Å². The van der Waals surface area contributed by atoms with E-state index in [0.717, 1.165) is 5.76 Å². The number of hydrogen-bond acceptors (Lipinski definition) is 2. The topological polar surface area (TPSA) is 25.2 Å². The Labute approximate surface area is 117 Å². The summed E-state index contributed by atoms with van der Waals surface area (Å²) in [6.07, 6.45) is 0. The van der Waals surface area contributed by atoms with Gasteiger partial charge in [0.25, 0.3) is 0 Å². The molecule has 1 N–H and O–H groups in total. The lowest BCUT2D eigenvalue weighted by Crippen LogP contribution is -2.17. The first-order chi connectivity index (χ1) is 9.29. The second-order valence-electron chi connectivity index (χ2n) is 4.43. The van der Waals surface area contributed by atoms with E-state index in [0.29, 0.717) is 5.22 Å². The van der Waals surface area contributed by atoms with Crippen LogP contribution in [-0.4, -0.2) is 7.05 Å². The highest BCUT2D eigenvalue weighted by atomic mass is 35.5. The molecule has 0 aliphatic rings. The van der Waals surface area contributed by atoms with Crippen molar-refractivity contribution in [3.05, 3.63) is 71.1 Å². The Morgan fingerprint density at radius 3 is 2.53 bits per heavy atom. The molecular weight excluding hydrogens is 258 g/mol. The van der Waals surface area contributed by atoms with Gasteiger partial charge in [0.15, 0.2) is 5.22 Å². The number of nitrogens with one attached hydrogen (secondary N) is 1. The Hall–Kier alpha value is -1.77. The van der Waals surface area contributed by atoms with Crippen LogP contribution in [-0.2, 0) is 0 Å². The molecule has 96 valence electrons. The maximum Gasteiger partial charge on any atom is 0.193 e. The predicted octanol–water partition coefficient (Wildman–Crippen LogP) is 4.40. The molecule has 19 heavy (non-hydrogen) atoms. The molecule has 0 fully saturated rings. The van der Waals surface area contributed by atoms with Crippen LogP contribution in [0.15, 0.2) is 59.0 Å². The minimum Gasteiger partial charge on any atom is -0.448 e. The van der Waals surface area contributed by atoms with Gasteiger partial charge in [-0.3, -0.25) is 0 Å². The van der Waals surface area contributed by atoms with Gasteiger partial charge in [0.1, 0.15) is 5.76 Å². The van der Waals surface area contributed by atoms with Crippen molar-refractivity contribution in [1.29, 1.82) is 0 Å². The lowest BCUT2D eigenvalue weighted by atomic mass is 9.97. The van der Waals surface area contributed by atoms with Crippen molar-refractivity contribution < 1.29 is 4.42 Å². The van der Waals surface area contributed by atoms with Gasteiger partial charge in [-0.05, 0) is 47.1 Å². The van der Waals surface area contributed by atoms with Crippen molar-refractivity contribution in [3.8, 4) is 0 Å². The zero-order chi connectivity index (χ0) is 13.2. The number of hydrogen-bond donors (Lipinski definition) is 1. The Balaban J connectivity index is 2.16. The van der Waals surface area contributed by atoms with Gasteiger partial charge < -0.3 is 9.73 Å². The molecule has 1 aromatic heterocycles. The molecule has 2 aromatic carbocycles. The minimum atomic E-state index is -0.00130. The SMILES string of the molecule is CNC(c1ccc(Cl)o1)c1cccc2ccccc12. The summed E-state index contributed by atoms with van der Waals surface area (Å²) in [5.41, 5.74) is 1.19. The number of benzene rings is 2. The predicted molar refractivity (Wildman–Crippen MR) is 78.6 cm³/mol. The number of halogens is 1. The molecule has 2 nitrogen and oxygen atoms in total. The van der Waals surface area contributed by atoms with Crippen LogP contribution in [0.25, 0.3) is 10.8 Å². The van der Waals surface area contributed by atoms with Gasteiger partial charge in [0, 0.05) is 0 Å². The standard InChI is InChI=1S/C16H14ClNO/c1-18-16(14-9-10-15(17)19-14)13-8-4-6-11-5-2-3-7-12(11)13/h2-10,16,18H,1H3. The zero-order valence-corrected chi connectivity index (χ0v) is 11.3. The summed E-state index contributed by atoms with van der Waals surface area (Å²) in [7, 11) is 1.92. The molecule has 0 spiro atoms. The van der Waals surface area contributed by atoms with Crippen molar-refractivity contribution >= 4 is 22.4 Å². The third-order valence-electron chi connectivity index (χ3n) is 3.30. The van der Waals surface area contributed by atoms with E-state index in [2.05, 4.69) is 35.6 Å². The number of furan rings is 1. The van der Waals surface area contributed by atoms with Gasteiger partial charge in [-0.25, -0.2) is 0 Å². The number of rotatable bonds is 3. The van der Waals surface area contributed by atoms with Crippen LogP contribution in [0.2, 0.25) is 5.22 Å². The molecule has 0 radical (unpaired) electrons. The smallest absolute Gasteiger partial charge is 0.193 e. The van der Waals surface area contributed by atoms with E-state index in [9.17, 15) is 0 Å². The van der Waals surface area contributed by atoms with E-state index in [1.54, 1.807) is 6.07 Å². The van der Waals surface area contributed by atoms with Gasteiger partial charge in [-0.1, -0.05) is 42.5 Å². The second-order valence-corrected chi connectivity index (χ2v) is 4.80. The van der Waals surface area contributed by atoms with Crippen molar-refractivity contribution in [3.63, 3.8) is 0 Å². The van der Waals surface area contributed by atoms with Gasteiger partial charge in [0.2, 0.25) is 0 Å². The van der Waals surface area contributed by atoms with Gasteiger partial charge in [-0.15, -0.1) is 0 Å². The lowest BCUT2D eigenvalue weighted by molar-refractivity contribution is 0.466. The van der Waals surface area contributed by atoms with E-state index < -0.39 is 0 Å². The Morgan fingerprint density at radius 1 is 1.00 bits per heavy atom. The van der Waals surface area contributed by atoms with Crippen LogP contribution in [0.5, 0.6) is 0 Å². The summed E-state index contributed by atoms with van der Waals surface area (Å²) in [5, 5.41) is 6.14. The fraction of sp³-hybridized carbons (Fsp3) is 0.125. The molecule has 0 amide bonds. The van der Waals surface area contributed by atoms with Gasteiger partial charge in [-0.2, -0.15) is 0 Å². The Bertz CT molecular complexity index is 699. The fourth-order valence-electron chi connectivity index (χ4n) is 2.44. The maximum absolute atomic E-state index is 5.87. The summed E-state index contributed by atoms with van der Waals surface area (Å²) in [6, 6.07) is 18.3. The first kappa shape index (κ1) is 12.3. The maximum atomic E-state index is 5.87. The van der Waals surface area contributed by atoms with Crippen molar-refractivity contribution in [2.75, 3.05) is 7.05 Å².